The van der Waals surface area contributed by atoms with Crippen molar-refractivity contribution in [1.82, 2.24) is 0 Å². The van der Waals surface area contributed by atoms with Crippen molar-refractivity contribution >= 4 is 17.7 Å². The first-order chi connectivity index (χ1) is 23.4. The van der Waals surface area contributed by atoms with Crippen LogP contribution in [-0.4, -0.2) is 87.0 Å². The summed E-state index contributed by atoms with van der Waals surface area (Å²) in [6.07, 6.45) is 15.3. The number of ketones is 1. The van der Waals surface area contributed by atoms with E-state index in [0.717, 1.165) is 22.3 Å². The summed E-state index contributed by atoms with van der Waals surface area (Å²) in [6.45, 7) is 14.2. The molecule has 10 heteroatoms. The first kappa shape index (κ1) is 44.1. The van der Waals surface area contributed by atoms with Gasteiger partial charge in [-0.1, -0.05) is 109 Å². The van der Waals surface area contributed by atoms with Gasteiger partial charge in [-0.15, -0.1) is 0 Å². The standard InChI is InChI=1S/C40H56O10/c1-26(2)13-11-16-27(3)14-9-10-15-28(4)17-12-18-29(5)19-20-31-30(6)37(46)34(23-40(31,7)8)50-36(45)22-21-35(44)49-25-33(43)39(48)38(47)32(42)24-41/h9-20,32-34,38-39,41-43,47-48H,21-25H2,1-8H3/b10-9+,16-11+,17-12+,20-19+,27-14+,28-15+,29-18+. The van der Waals surface area contributed by atoms with Gasteiger partial charge in [0, 0.05) is 6.42 Å². The lowest BCUT2D eigenvalue weighted by Gasteiger charge is -2.36. The molecule has 0 aromatic carbocycles. The smallest absolute Gasteiger partial charge is 0.307 e. The van der Waals surface area contributed by atoms with Gasteiger partial charge in [-0.3, -0.25) is 14.4 Å². The first-order valence-electron chi connectivity index (χ1n) is 16.7. The number of aliphatic hydroxyl groups excluding tert-OH is 5. The first-order valence-corrected chi connectivity index (χ1v) is 16.7. The Bertz CT molecular complexity index is 1440. The third-order valence-corrected chi connectivity index (χ3v) is 7.89. The van der Waals surface area contributed by atoms with Gasteiger partial charge >= 0.3 is 11.9 Å². The zero-order valence-electron chi connectivity index (χ0n) is 30.6. The van der Waals surface area contributed by atoms with Gasteiger partial charge in [0.25, 0.3) is 0 Å². The third-order valence-electron chi connectivity index (χ3n) is 7.89. The van der Waals surface area contributed by atoms with Crippen LogP contribution in [0.25, 0.3) is 0 Å². The highest BCUT2D eigenvalue weighted by atomic mass is 16.6. The van der Waals surface area contributed by atoms with E-state index in [0.29, 0.717) is 5.57 Å². The van der Waals surface area contributed by atoms with E-state index in [2.05, 4.69) is 32.9 Å². The number of hydrogen-bond donors (Lipinski definition) is 5. The topological polar surface area (TPSA) is 171 Å². The molecule has 10 nitrogen and oxygen atoms in total. The maximum absolute atomic E-state index is 13.2. The number of carbonyl (C=O) groups excluding carboxylic acids is 3. The van der Waals surface area contributed by atoms with E-state index in [-0.39, 0.29) is 18.6 Å². The van der Waals surface area contributed by atoms with Gasteiger partial charge in [0.1, 0.15) is 31.0 Å². The van der Waals surface area contributed by atoms with Gasteiger partial charge in [-0.05, 0) is 58.1 Å². The average Bonchev–Trinajstić information content (AvgIpc) is 3.05. The summed E-state index contributed by atoms with van der Waals surface area (Å²) in [5.41, 5.74) is 5.32. The van der Waals surface area contributed by atoms with Crippen molar-refractivity contribution in [3.8, 4) is 0 Å². The van der Waals surface area contributed by atoms with E-state index in [4.69, 9.17) is 14.6 Å². The summed E-state index contributed by atoms with van der Waals surface area (Å²) in [4.78, 5) is 37.7. The van der Waals surface area contributed by atoms with Gasteiger partial charge in [-0.2, -0.15) is 0 Å². The van der Waals surface area contributed by atoms with Crippen LogP contribution in [-0.2, 0) is 23.9 Å². The molecular weight excluding hydrogens is 640 g/mol. The van der Waals surface area contributed by atoms with Gasteiger partial charge in [-0.25, -0.2) is 0 Å². The predicted molar refractivity (Wildman–Crippen MR) is 195 cm³/mol. The highest BCUT2D eigenvalue weighted by Gasteiger charge is 2.40. The SMILES string of the molecule is CC(C)=C/C=C/C(C)=C/C=C/C=C(C)/C=C/C=C(C)/C=C/C1=C(C)C(=O)C(OC(=O)CCC(=O)OCC(O)C(O)C(O)C(O)CO)CC1(C)C. The monoisotopic (exact) mass is 696 g/mol. The van der Waals surface area contributed by atoms with Crippen LogP contribution >= 0.6 is 0 Å². The Morgan fingerprint density at radius 3 is 1.84 bits per heavy atom. The molecule has 5 unspecified atom stereocenters. The molecule has 50 heavy (non-hydrogen) atoms. The second-order valence-electron chi connectivity index (χ2n) is 13.4. The molecule has 0 amide bonds. The second kappa shape index (κ2) is 22.0. The molecule has 276 valence electrons. The molecule has 0 spiro atoms. The summed E-state index contributed by atoms with van der Waals surface area (Å²) >= 11 is 0. The van der Waals surface area contributed by atoms with E-state index in [1.807, 2.05) is 88.5 Å². The largest absolute Gasteiger partial charge is 0.463 e. The normalized spacial score (nSPS) is 20.1. The van der Waals surface area contributed by atoms with Crippen molar-refractivity contribution in [3.05, 3.63) is 106 Å². The van der Waals surface area contributed by atoms with Crippen LogP contribution in [0.1, 0.15) is 74.7 Å². The van der Waals surface area contributed by atoms with Gasteiger partial charge in [0.05, 0.1) is 19.4 Å². The summed E-state index contributed by atoms with van der Waals surface area (Å²) < 4.78 is 10.3. The average molecular weight is 697 g/mol. The minimum atomic E-state index is -1.88. The Kier molecular flexibility index (Phi) is 19.4. The highest BCUT2D eigenvalue weighted by molar-refractivity contribution is 6.01. The maximum atomic E-state index is 13.2. The summed E-state index contributed by atoms with van der Waals surface area (Å²) in [7, 11) is 0. The lowest BCUT2D eigenvalue weighted by atomic mass is 9.71. The summed E-state index contributed by atoms with van der Waals surface area (Å²) in [5.74, 6) is -1.97. The molecule has 0 radical (unpaired) electrons. The van der Waals surface area contributed by atoms with Crippen molar-refractivity contribution in [2.24, 2.45) is 5.41 Å². The lowest BCUT2D eigenvalue weighted by molar-refractivity contribution is -0.161. The summed E-state index contributed by atoms with van der Waals surface area (Å²) in [5, 5.41) is 47.5. The number of aliphatic hydroxyl groups is 5. The van der Waals surface area contributed by atoms with E-state index in [1.54, 1.807) is 6.92 Å². The van der Waals surface area contributed by atoms with Crippen molar-refractivity contribution in [2.75, 3.05) is 13.2 Å². The maximum Gasteiger partial charge on any atom is 0.307 e. The van der Waals surface area contributed by atoms with Gasteiger partial charge in [0.2, 0.25) is 0 Å². The minimum Gasteiger partial charge on any atom is -0.463 e. The van der Waals surface area contributed by atoms with Crippen LogP contribution in [0.2, 0.25) is 0 Å². The number of rotatable bonds is 18. The van der Waals surface area contributed by atoms with Crippen LogP contribution in [0.5, 0.6) is 0 Å². The molecular formula is C40H56O10. The fourth-order valence-corrected chi connectivity index (χ4v) is 4.87. The van der Waals surface area contributed by atoms with Crippen molar-refractivity contribution in [2.45, 2.75) is 105 Å². The van der Waals surface area contributed by atoms with Crippen LogP contribution in [0, 0.1) is 5.41 Å². The van der Waals surface area contributed by atoms with Crippen molar-refractivity contribution in [1.29, 1.82) is 0 Å². The molecule has 1 aliphatic rings. The zero-order chi connectivity index (χ0) is 38.0. The molecule has 1 rings (SSSR count). The third kappa shape index (κ3) is 16.2. The number of hydrogen-bond acceptors (Lipinski definition) is 10. The number of allylic oxidation sites excluding steroid dienone is 17. The fourth-order valence-electron chi connectivity index (χ4n) is 4.87. The van der Waals surface area contributed by atoms with Gasteiger partial charge in [0.15, 0.2) is 11.9 Å². The lowest BCUT2D eigenvalue weighted by Crippen LogP contribution is -2.47. The Morgan fingerprint density at radius 2 is 1.28 bits per heavy atom. The zero-order valence-corrected chi connectivity index (χ0v) is 30.6. The number of ether oxygens (including phenoxy) is 2. The number of esters is 2. The molecule has 0 aliphatic heterocycles. The van der Waals surface area contributed by atoms with E-state index >= 15 is 0 Å². The quantitative estimate of drug-likeness (QED) is 0.0971. The Labute approximate surface area is 296 Å². The second-order valence-corrected chi connectivity index (χ2v) is 13.4. The Morgan fingerprint density at radius 1 is 0.780 bits per heavy atom. The van der Waals surface area contributed by atoms with Crippen LogP contribution in [0.4, 0.5) is 0 Å². The van der Waals surface area contributed by atoms with E-state index in [9.17, 15) is 34.8 Å². The molecule has 0 saturated carbocycles. The van der Waals surface area contributed by atoms with Crippen LogP contribution in [0.3, 0.4) is 0 Å². The molecule has 0 bridgehead atoms. The molecule has 1 aliphatic carbocycles. The van der Waals surface area contributed by atoms with Crippen LogP contribution in [0.15, 0.2) is 106 Å². The van der Waals surface area contributed by atoms with Gasteiger partial charge < -0.3 is 35.0 Å². The highest BCUT2D eigenvalue weighted by Crippen LogP contribution is 2.41. The Hall–Kier alpha value is -3.93. The molecule has 5 N–H and O–H groups in total. The number of Topliss-reactive ketones (excluding diaryl/α,β-unsaturated/α-hetero) is 1. The molecule has 0 fully saturated rings. The van der Waals surface area contributed by atoms with Crippen molar-refractivity contribution in [3.63, 3.8) is 0 Å². The Balaban J connectivity index is 2.74. The van der Waals surface area contributed by atoms with E-state index < -0.39 is 67.5 Å². The van der Waals surface area contributed by atoms with Crippen molar-refractivity contribution < 1.29 is 49.4 Å². The van der Waals surface area contributed by atoms with E-state index in [1.165, 1.54) is 5.57 Å². The molecule has 0 aromatic rings. The predicted octanol–water partition coefficient (Wildman–Crippen LogP) is 5.00. The summed E-state index contributed by atoms with van der Waals surface area (Å²) in [6, 6.07) is 0. The minimum absolute atomic E-state index is 0.256. The molecule has 0 aromatic heterocycles. The molecule has 5 atom stereocenters. The molecule has 0 saturated heterocycles. The van der Waals surface area contributed by atoms with Crippen LogP contribution < -0.4 is 0 Å². The fraction of sp³-hybridized carbons (Fsp3) is 0.475. The molecule has 0 heterocycles. The number of carbonyl (C=O) groups is 3.